The third kappa shape index (κ3) is 2.40. The number of hydrogen-bond donors (Lipinski definition) is 0. The Morgan fingerprint density at radius 3 is 2.38 bits per heavy atom. The van der Waals surface area contributed by atoms with Crippen molar-refractivity contribution >= 4 is 16.8 Å². The molecule has 1 heterocycles. The summed E-state index contributed by atoms with van der Waals surface area (Å²) in [7, 11) is 0. The van der Waals surface area contributed by atoms with Gasteiger partial charge in [0.15, 0.2) is 5.76 Å². The highest BCUT2D eigenvalue weighted by Crippen LogP contribution is 2.36. The van der Waals surface area contributed by atoms with E-state index in [9.17, 15) is 9.18 Å². The molecular formula is C21H13FO2. The fraction of sp³-hybridized carbons (Fsp3) is 0. The molecule has 0 aliphatic heterocycles. The van der Waals surface area contributed by atoms with E-state index in [0.29, 0.717) is 22.3 Å². The van der Waals surface area contributed by atoms with Crippen LogP contribution in [0.5, 0.6) is 0 Å². The minimum absolute atomic E-state index is 0.217. The van der Waals surface area contributed by atoms with Crippen molar-refractivity contribution in [2.45, 2.75) is 0 Å². The molecule has 1 aromatic heterocycles. The van der Waals surface area contributed by atoms with Gasteiger partial charge in [-0.1, -0.05) is 60.7 Å². The van der Waals surface area contributed by atoms with E-state index in [1.54, 1.807) is 42.5 Å². The first kappa shape index (κ1) is 14.4. The molecule has 0 spiro atoms. The summed E-state index contributed by atoms with van der Waals surface area (Å²) in [6.07, 6.45) is 0. The normalized spacial score (nSPS) is 10.9. The molecule has 0 atom stereocenters. The van der Waals surface area contributed by atoms with Gasteiger partial charge in [0, 0.05) is 16.5 Å². The maximum absolute atomic E-state index is 13.7. The largest absolute Gasteiger partial charge is 0.452 e. The predicted molar refractivity (Wildman–Crippen MR) is 91.5 cm³/mol. The summed E-state index contributed by atoms with van der Waals surface area (Å²) in [4.78, 5) is 12.9. The number of fused-ring (bicyclic) bond motifs is 1. The van der Waals surface area contributed by atoms with Crippen LogP contribution in [0.1, 0.15) is 16.1 Å². The Morgan fingerprint density at radius 2 is 1.58 bits per heavy atom. The molecule has 3 heteroatoms. The van der Waals surface area contributed by atoms with Gasteiger partial charge in [0.05, 0.1) is 0 Å². The van der Waals surface area contributed by atoms with E-state index >= 15 is 0 Å². The second-order valence-corrected chi connectivity index (χ2v) is 5.51. The smallest absolute Gasteiger partial charge is 0.228 e. The highest BCUT2D eigenvalue weighted by atomic mass is 19.1. The molecule has 0 saturated heterocycles. The minimum atomic E-state index is -0.351. The van der Waals surface area contributed by atoms with E-state index in [0.717, 1.165) is 5.39 Å². The molecule has 0 amide bonds. The van der Waals surface area contributed by atoms with Gasteiger partial charge in [-0.15, -0.1) is 0 Å². The minimum Gasteiger partial charge on any atom is -0.452 e. The molecule has 0 bridgehead atoms. The summed E-state index contributed by atoms with van der Waals surface area (Å²) in [6, 6.07) is 22.5. The maximum atomic E-state index is 13.7. The summed E-state index contributed by atoms with van der Waals surface area (Å²) in [5.74, 6) is -0.338. The number of ketones is 1. The number of furan rings is 1. The topological polar surface area (TPSA) is 30.2 Å². The average Bonchev–Trinajstić information content (AvgIpc) is 3.01. The lowest BCUT2D eigenvalue weighted by molar-refractivity contribution is 0.101. The van der Waals surface area contributed by atoms with Gasteiger partial charge in [-0.2, -0.15) is 0 Å². The van der Waals surface area contributed by atoms with E-state index < -0.39 is 0 Å². The molecule has 0 fully saturated rings. The van der Waals surface area contributed by atoms with Crippen molar-refractivity contribution in [3.05, 3.63) is 96.0 Å². The lowest BCUT2D eigenvalue weighted by Crippen LogP contribution is -2.01. The molecular weight excluding hydrogens is 303 g/mol. The first-order valence-electron chi connectivity index (χ1n) is 7.61. The molecule has 0 saturated carbocycles. The van der Waals surface area contributed by atoms with Gasteiger partial charge in [-0.3, -0.25) is 4.79 Å². The average molecular weight is 316 g/mol. The summed E-state index contributed by atoms with van der Waals surface area (Å²) < 4.78 is 19.5. The Bertz CT molecular complexity index is 1030. The summed E-state index contributed by atoms with van der Waals surface area (Å²) in [5, 5.41) is 0.794. The van der Waals surface area contributed by atoms with Gasteiger partial charge in [0.2, 0.25) is 5.78 Å². The van der Waals surface area contributed by atoms with Crippen molar-refractivity contribution in [1.82, 2.24) is 0 Å². The zero-order valence-electron chi connectivity index (χ0n) is 12.7. The van der Waals surface area contributed by atoms with Crippen LogP contribution in [0.4, 0.5) is 4.39 Å². The van der Waals surface area contributed by atoms with Crippen LogP contribution in [0, 0.1) is 5.82 Å². The first-order valence-corrected chi connectivity index (χ1v) is 7.61. The van der Waals surface area contributed by atoms with Crippen LogP contribution in [0.25, 0.3) is 22.1 Å². The quantitative estimate of drug-likeness (QED) is 0.469. The van der Waals surface area contributed by atoms with E-state index in [4.69, 9.17) is 4.42 Å². The standard InChI is InChI=1S/C21H13FO2/c22-16-10-6-9-15(13-16)19-17-11-4-5-12-18(17)24-21(19)20(23)14-7-2-1-3-8-14/h1-13H. The summed E-state index contributed by atoms with van der Waals surface area (Å²) in [6.45, 7) is 0. The Hall–Kier alpha value is -3.20. The van der Waals surface area contributed by atoms with Gasteiger partial charge in [0.1, 0.15) is 11.4 Å². The van der Waals surface area contributed by atoms with Crippen molar-refractivity contribution in [3.8, 4) is 11.1 Å². The van der Waals surface area contributed by atoms with Crippen LogP contribution in [0.3, 0.4) is 0 Å². The third-order valence-corrected chi connectivity index (χ3v) is 3.95. The SMILES string of the molecule is O=C(c1ccccc1)c1oc2ccccc2c1-c1cccc(F)c1. The first-order chi connectivity index (χ1) is 11.7. The number of carbonyl (C=O) groups is 1. The van der Waals surface area contributed by atoms with Crippen LogP contribution < -0.4 is 0 Å². The van der Waals surface area contributed by atoms with Crippen molar-refractivity contribution in [3.63, 3.8) is 0 Å². The molecule has 0 radical (unpaired) electrons. The Labute approximate surface area is 138 Å². The molecule has 0 aliphatic rings. The number of halogens is 1. The second kappa shape index (κ2) is 5.78. The fourth-order valence-corrected chi connectivity index (χ4v) is 2.86. The number of carbonyl (C=O) groups excluding carboxylic acids is 1. The van der Waals surface area contributed by atoms with Crippen molar-refractivity contribution < 1.29 is 13.6 Å². The summed E-state index contributed by atoms with van der Waals surface area (Å²) in [5.41, 5.74) is 2.39. The molecule has 3 aromatic carbocycles. The third-order valence-electron chi connectivity index (χ3n) is 3.95. The molecule has 0 aliphatic carbocycles. The van der Waals surface area contributed by atoms with Gasteiger partial charge in [-0.05, 0) is 23.8 Å². The Morgan fingerprint density at radius 1 is 0.833 bits per heavy atom. The van der Waals surface area contributed by atoms with Crippen LogP contribution in [0.2, 0.25) is 0 Å². The number of benzene rings is 3. The lowest BCUT2D eigenvalue weighted by atomic mass is 9.98. The molecule has 116 valence electrons. The van der Waals surface area contributed by atoms with Crippen molar-refractivity contribution in [2.75, 3.05) is 0 Å². The summed E-state index contributed by atoms with van der Waals surface area (Å²) >= 11 is 0. The second-order valence-electron chi connectivity index (χ2n) is 5.51. The molecule has 4 rings (SSSR count). The number of rotatable bonds is 3. The molecule has 2 nitrogen and oxygen atoms in total. The molecule has 4 aromatic rings. The van der Waals surface area contributed by atoms with E-state index in [1.165, 1.54) is 12.1 Å². The predicted octanol–water partition coefficient (Wildman–Crippen LogP) is 5.47. The molecule has 24 heavy (non-hydrogen) atoms. The molecule has 0 unspecified atom stereocenters. The van der Waals surface area contributed by atoms with E-state index in [2.05, 4.69) is 0 Å². The maximum Gasteiger partial charge on any atom is 0.228 e. The number of hydrogen-bond acceptors (Lipinski definition) is 2. The van der Waals surface area contributed by atoms with Gasteiger partial charge in [0.25, 0.3) is 0 Å². The van der Waals surface area contributed by atoms with E-state index in [-0.39, 0.29) is 17.4 Å². The van der Waals surface area contributed by atoms with Crippen molar-refractivity contribution in [1.29, 1.82) is 0 Å². The zero-order chi connectivity index (χ0) is 16.5. The van der Waals surface area contributed by atoms with Crippen LogP contribution in [-0.4, -0.2) is 5.78 Å². The Balaban J connectivity index is 1.99. The number of para-hydroxylation sites is 1. The highest BCUT2D eigenvalue weighted by molar-refractivity contribution is 6.15. The van der Waals surface area contributed by atoms with Crippen LogP contribution in [0.15, 0.2) is 83.3 Å². The monoisotopic (exact) mass is 316 g/mol. The zero-order valence-corrected chi connectivity index (χ0v) is 12.7. The lowest BCUT2D eigenvalue weighted by Gasteiger charge is -2.04. The van der Waals surface area contributed by atoms with Crippen molar-refractivity contribution in [2.24, 2.45) is 0 Å². The van der Waals surface area contributed by atoms with Gasteiger partial charge in [-0.25, -0.2) is 4.39 Å². The van der Waals surface area contributed by atoms with E-state index in [1.807, 2.05) is 24.3 Å². The Kier molecular flexibility index (Phi) is 3.47. The van der Waals surface area contributed by atoms with Gasteiger partial charge < -0.3 is 4.42 Å². The van der Waals surface area contributed by atoms with Crippen LogP contribution in [-0.2, 0) is 0 Å². The van der Waals surface area contributed by atoms with Gasteiger partial charge >= 0.3 is 0 Å². The highest BCUT2D eigenvalue weighted by Gasteiger charge is 2.22. The molecule has 0 N–H and O–H groups in total. The fourth-order valence-electron chi connectivity index (χ4n) is 2.86. The van der Waals surface area contributed by atoms with Crippen LogP contribution >= 0.6 is 0 Å².